The molecular formula is C25H24N4O2S2. The molecule has 1 aliphatic rings. The van der Waals surface area contributed by atoms with Crippen molar-refractivity contribution >= 4 is 29.0 Å². The van der Waals surface area contributed by atoms with Crippen LogP contribution in [0.25, 0.3) is 10.7 Å². The van der Waals surface area contributed by atoms with Crippen molar-refractivity contribution in [3.8, 4) is 16.5 Å². The first kappa shape index (κ1) is 21.7. The highest BCUT2D eigenvalue weighted by Crippen LogP contribution is 2.41. The molecule has 0 radical (unpaired) electrons. The van der Waals surface area contributed by atoms with Crippen LogP contribution in [0.1, 0.15) is 36.1 Å². The molecule has 1 amide bonds. The molecule has 1 atom stereocenters. The van der Waals surface area contributed by atoms with E-state index >= 15 is 0 Å². The van der Waals surface area contributed by atoms with Crippen molar-refractivity contribution in [2.75, 3.05) is 12.9 Å². The third-order valence-electron chi connectivity index (χ3n) is 5.54. The largest absolute Gasteiger partial charge is 0.497 e. The minimum Gasteiger partial charge on any atom is -0.497 e. The molecule has 168 valence electrons. The molecule has 1 aliphatic carbocycles. The Morgan fingerprint density at radius 3 is 2.52 bits per heavy atom. The predicted molar refractivity (Wildman–Crippen MR) is 132 cm³/mol. The normalized spacial score (nSPS) is 14.1. The highest BCUT2D eigenvalue weighted by molar-refractivity contribution is 7.99. The zero-order valence-electron chi connectivity index (χ0n) is 18.2. The summed E-state index contributed by atoms with van der Waals surface area (Å²) in [5.41, 5.74) is 2.03. The zero-order chi connectivity index (χ0) is 22.6. The Morgan fingerprint density at radius 1 is 1.09 bits per heavy atom. The lowest BCUT2D eigenvalue weighted by Gasteiger charge is -2.20. The van der Waals surface area contributed by atoms with Crippen LogP contribution in [0.3, 0.4) is 0 Å². The van der Waals surface area contributed by atoms with Gasteiger partial charge in [-0.15, -0.1) is 21.5 Å². The highest BCUT2D eigenvalue weighted by Gasteiger charge is 2.30. The van der Waals surface area contributed by atoms with E-state index < -0.39 is 0 Å². The second kappa shape index (κ2) is 9.80. The number of thioether (sulfide) groups is 1. The number of nitrogens with zero attached hydrogens (tertiary/aromatic N) is 3. The van der Waals surface area contributed by atoms with Crippen molar-refractivity contribution < 1.29 is 9.53 Å². The number of thiophene rings is 1. The average Bonchev–Trinajstić information content (AvgIpc) is 3.37. The monoisotopic (exact) mass is 476 g/mol. The van der Waals surface area contributed by atoms with E-state index in [2.05, 4.69) is 26.1 Å². The molecule has 0 spiro atoms. The summed E-state index contributed by atoms with van der Waals surface area (Å²) in [7, 11) is 1.65. The molecule has 0 saturated heterocycles. The fourth-order valence-corrected chi connectivity index (χ4v) is 5.27. The molecule has 1 N–H and O–H groups in total. The van der Waals surface area contributed by atoms with Crippen LogP contribution in [0, 0.1) is 0 Å². The van der Waals surface area contributed by atoms with E-state index in [9.17, 15) is 4.79 Å². The minimum absolute atomic E-state index is 0.0484. The van der Waals surface area contributed by atoms with Crippen LogP contribution in [0.15, 0.2) is 77.3 Å². The summed E-state index contributed by atoms with van der Waals surface area (Å²) in [6.45, 7) is 0. The maximum Gasteiger partial charge on any atom is 0.231 e. The standard InChI is InChI=1S/C25H24N4O2S2/c1-31-20-13-9-18(10-14-20)23(17-6-3-2-4-7-17)26-22(30)16-33-25-28-27-24(21-8-5-15-32-21)29(25)19-11-12-19/h2-10,13-15,19,23H,11-12,16H2,1H3,(H,26,30)/t23-/m0/s1. The summed E-state index contributed by atoms with van der Waals surface area (Å²) in [5.74, 6) is 1.91. The minimum atomic E-state index is -0.242. The van der Waals surface area contributed by atoms with Gasteiger partial charge in [0, 0.05) is 6.04 Å². The van der Waals surface area contributed by atoms with Crippen molar-refractivity contribution in [2.24, 2.45) is 0 Å². The van der Waals surface area contributed by atoms with Gasteiger partial charge in [-0.3, -0.25) is 9.36 Å². The number of ether oxygens (including phenoxy) is 1. The first-order valence-electron chi connectivity index (χ1n) is 10.8. The van der Waals surface area contributed by atoms with E-state index in [-0.39, 0.29) is 17.7 Å². The van der Waals surface area contributed by atoms with E-state index in [1.807, 2.05) is 66.0 Å². The lowest BCUT2D eigenvalue weighted by Crippen LogP contribution is -2.30. The number of nitrogens with one attached hydrogen (secondary N) is 1. The van der Waals surface area contributed by atoms with Gasteiger partial charge in [0.2, 0.25) is 5.91 Å². The van der Waals surface area contributed by atoms with Crippen molar-refractivity contribution in [1.29, 1.82) is 0 Å². The molecule has 2 heterocycles. The number of carbonyl (C=O) groups excluding carboxylic acids is 1. The maximum absolute atomic E-state index is 13.0. The second-order valence-electron chi connectivity index (χ2n) is 7.86. The zero-order valence-corrected chi connectivity index (χ0v) is 19.8. The van der Waals surface area contributed by atoms with E-state index in [4.69, 9.17) is 4.74 Å². The molecule has 1 fully saturated rings. The fraction of sp³-hybridized carbons (Fsp3) is 0.240. The summed E-state index contributed by atoms with van der Waals surface area (Å²) in [4.78, 5) is 14.1. The molecule has 0 aliphatic heterocycles. The Bertz CT molecular complexity index is 1200. The SMILES string of the molecule is COc1ccc([C@@H](NC(=O)CSc2nnc(-c3cccs3)n2C2CC2)c2ccccc2)cc1. The Kier molecular flexibility index (Phi) is 6.46. The molecule has 6 nitrogen and oxygen atoms in total. The van der Waals surface area contributed by atoms with Crippen LogP contribution in [0.5, 0.6) is 5.75 Å². The molecule has 4 aromatic rings. The van der Waals surface area contributed by atoms with Gasteiger partial charge in [-0.2, -0.15) is 0 Å². The van der Waals surface area contributed by atoms with Crippen molar-refractivity contribution in [3.63, 3.8) is 0 Å². The first-order chi connectivity index (χ1) is 16.2. The molecular weight excluding hydrogens is 452 g/mol. The maximum atomic E-state index is 13.0. The van der Waals surface area contributed by atoms with E-state index in [0.717, 1.165) is 45.6 Å². The molecule has 8 heteroatoms. The molecule has 0 bridgehead atoms. The lowest BCUT2D eigenvalue weighted by molar-refractivity contribution is -0.119. The van der Waals surface area contributed by atoms with Gasteiger partial charge < -0.3 is 10.1 Å². The van der Waals surface area contributed by atoms with E-state index in [0.29, 0.717) is 6.04 Å². The molecule has 33 heavy (non-hydrogen) atoms. The lowest BCUT2D eigenvalue weighted by atomic mass is 9.98. The van der Waals surface area contributed by atoms with Gasteiger partial charge >= 0.3 is 0 Å². The van der Waals surface area contributed by atoms with Gasteiger partial charge in [-0.25, -0.2) is 0 Å². The van der Waals surface area contributed by atoms with Crippen molar-refractivity contribution in [3.05, 3.63) is 83.2 Å². The van der Waals surface area contributed by atoms with Gasteiger partial charge in [0.05, 0.1) is 23.8 Å². The van der Waals surface area contributed by atoms with Gasteiger partial charge in [0.1, 0.15) is 5.75 Å². The van der Waals surface area contributed by atoms with Crippen LogP contribution >= 0.6 is 23.1 Å². The van der Waals surface area contributed by atoms with E-state index in [1.54, 1.807) is 18.4 Å². The van der Waals surface area contributed by atoms with Crippen LogP contribution in [0.4, 0.5) is 0 Å². The fourth-order valence-electron chi connectivity index (χ4n) is 3.74. The van der Waals surface area contributed by atoms with Gasteiger partial charge in [-0.05, 0) is 47.5 Å². The summed E-state index contributed by atoms with van der Waals surface area (Å²) in [5, 5.41) is 14.9. The Balaban J connectivity index is 1.32. The number of hydrogen-bond donors (Lipinski definition) is 1. The molecule has 1 saturated carbocycles. The van der Waals surface area contributed by atoms with Crippen LogP contribution in [-0.4, -0.2) is 33.5 Å². The van der Waals surface area contributed by atoms with Gasteiger partial charge in [-0.1, -0.05) is 60.3 Å². The third-order valence-corrected chi connectivity index (χ3v) is 7.35. The van der Waals surface area contributed by atoms with Crippen molar-refractivity contribution in [2.45, 2.75) is 30.1 Å². The smallest absolute Gasteiger partial charge is 0.231 e. The average molecular weight is 477 g/mol. The van der Waals surface area contributed by atoms with Crippen LogP contribution < -0.4 is 10.1 Å². The first-order valence-corrected chi connectivity index (χ1v) is 12.7. The molecule has 2 aromatic carbocycles. The summed E-state index contributed by atoms with van der Waals surface area (Å²) < 4.78 is 7.48. The number of rotatable bonds is 9. The number of amides is 1. The highest BCUT2D eigenvalue weighted by atomic mass is 32.2. The van der Waals surface area contributed by atoms with Crippen LogP contribution in [0.2, 0.25) is 0 Å². The number of benzene rings is 2. The molecule has 2 aromatic heterocycles. The molecule has 5 rings (SSSR count). The number of aromatic nitrogens is 3. The van der Waals surface area contributed by atoms with Crippen molar-refractivity contribution in [1.82, 2.24) is 20.1 Å². The summed E-state index contributed by atoms with van der Waals surface area (Å²) >= 11 is 3.10. The Hall–Kier alpha value is -3.10. The summed E-state index contributed by atoms with van der Waals surface area (Å²) in [6.07, 6.45) is 2.26. The predicted octanol–water partition coefficient (Wildman–Crippen LogP) is 5.35. The third kappa shape index (κ3) is 4.96. The number of hydrogen-bond acceptors (Lipinski definition) is 6. The summed E-state index contributed by atoms with van der Waals surface area (Å²) in [6, 6.07) is 22.1. The number of carbonyl (C=O) groups is 1. The van der Waals surface area contributed by atoms with Crippen LogP contribution in [-0.2, 0) is 4.79 Å². The topological polar surface area (TPSA) is 69.0 Å². The Labute approximate surface area is 201 Å². The van der Waals surface area contributed by atoms with Gasteiger partial charge in [0.25, 0.3) is 0 Å². The van der Waals surface area contributed by atoms with Gasteiger partial charge in [0.15, 0.2) is 11.0 Å². The Morgan fingerprint density at radius 2 is 1.85 bits per heavy atom. The number of methoxy groups -OCH3 is 1. The van der Waals surface area contributed by atoms with E-state index in [1.165, 1.54) is 11.8 Å². The molecule has 0 unspecified atom stereocenters. The second-order valence-corrected chi connectivity index (χ2v) is 9.75. The quantitative estimate of drug-likeness (QED) is 0.330.